The average Bonchev–Trinajstić information content (AvgIpc) is 2.96. The van der Waals surface area contributed by atoms with Gasteiger partial charge >= 0.3 is 6.09 Å². The number of halogens is 2. The van der Waals surface area contributed by atoms with Gasteiger partial charge in [0.05, 0.1) is 22.0 Å². The number of anilines is 2. The molecule has 3 aromatic rings. The van der Waals surface area contributed by atoms with Gasteiger partial charge in [0.25, 0.3) is 0 Å². The number of ether oxygens (including phenoxy) is 2. The Labute approximate surface area is 188 Å². The molecule has 31 heavy (non-hydrogen) atoms. The highest BCUT2D eigenvalue weighted by Gasteiger charge is 2.18. The standard InChI is InChI=1S/C21H24ClFN4O3S/c1-11(9-24-20(28)30-21(3,4)5)29-15-8-13(23)6-7-14(15)27-18-16-12(2)17(22)31-19(16)26-10-25-18/h6-8,10-11H,9H2,1-5H3,(H,24,28)(H,25,26,27). The number of carbonyl (C=O) groups is 1. The normalized spacial score (nSPS) is 12.5. The Morgan fingerprint density at radius 2 is 2.06 bits per heavy atom. The molecule has 0 aliphatic heterocycles. The maximum atomic E-state index is 13.9. The van der Waals surface area contributed by atoms with E-state index in [0.29, 0.717) is 15.8 Å². The summed E-state index contributed by atoms with van der Waals surface area (Å²) in [7, 11) is 0. The van der Waals surface area contributed by atoms with Gasteiger partial charge in [0.1, 0.15) is 40.2 Å². The highest BCUT2D eigenvalue weighted by atomic mass is 35.5. The van der Waals surface area contributed by atoms with Gasteiger partial charge in [-0.2, -0.15) is 0 Å². The Morgan fingerprint density at radius 3 is 2.77 bits per heavy atom. The number of thiophene rings is 1. The van der Waals surface area contributed by atoms with Crippen LogP contribution in [0.25, 0.3) is 10.2 Å². The summed E-state index contributed by atoms with van der Waals surface area (Å²) in [6, 6.07) is 4.17. The van der Waals surface area contributed by atoms with Gasteiger partial charge in [0.15, 0.2) is 0 Å². The summed E-state index contributed by atoms with van der Waals surface area (Å²) in [6.07, 6.45) is 0.445. The lowest BCUT2D eigenvalue weighted by molar-refractivity contribution is 0.0505. The molecule has 0 saturated carbocycles. The number of alkyl carbamates (subject to hydrolysis) is 1. The van der Waals surface area contributed by atoms with E-state index in [4.69, 9.17) is 21.1 Å². The number of hydrogen-bond acceptors (Lipinski definition) is 7. The zero-order valence-corrected chi connectivity index (χ0v) is 19.4. The zero-order chi connectivity index (χ0) is 22.8. The summed E-state index contributed by atoms with van der Waals surface area (Å²) in [5.74, 6) is 0.376. The Balaban J connectivity index is 1.77. The number of rotatable bonds is 6. The molecule has 10 heteroatoms. The van der Waals surface area contributed by atoms with Crippen LogP contribution >= 0.6 is 22.9 Å². The number of benzene rings is 1. The molecule has 0 radical (unpaired) electrons. The van der Waals surface area contributed by atoms with Gasteiger partial charge in [-0.15, -0.1) is 11.3 Å². The maximum Gasteiger partial charge on any atom is 0.407 e. The van der Waals surface area contributed by atoms with Crippen LogP contribution in [0.15, 0.2) is 24.5 Å². The number of amides is 1. The topological polar surface area (TPSA) is 85.4 Å². The lowest BCUT2D eigenvalue weighted by atomic mass is 10.2. The molecule has 3 rings (SSSR count). The summed E-state index contributed by atoms with van der Waals surface area (Å²) in [5, 5.41) is 6.63. The molecule has 166 valence electrons. The number of nitrogens with one attached hydrogen (secondary N) is 2. The van der Waals surface area contributed by atoms with Gasteiger partial charge in [0.2, 0.25) is 0 Å². The Morgan fingerprint density at radius 1 is 1.32 bits per heavy atom. The van der Waals surface area contributed by atoms with E-state index in [-0.39, 0.29) is 12.3 Å². The largest absolute Gasteiger partial charge is 0.487 e. The second-order valence-electron chi connectivity index (χ2n) is 7.98. The molecule has 2 heterocycles. The summed E-state index contributed by atoms with van der Waals surface area (Å²) in [4.78, 5) is 21.2. The number of nitrogens with zero attached hydrogens (tertiary/aromatic N) is 2. The fourth-order valence-corrected chi connectivity index (χ4v) is 3.95. The first kappa shape index (κ1) is 23.0. The third kappa shape index (κ3) is 5.95. The summed E-state index contributed by atoms with van der Waals surface area (Å²) >= 11 is 7.62. The van der Waals surface area contributed by atoms with Crippen molar-refractivity contribution >= 4 is 50.8 Å². The monoisotopic (exact) mass is 466 g/mol. The molecule has 0 aliphatic rings. The predicted octanol–water partition coefficient (Wildman–Crippen LogP) is 5.83. The van der Waals surface area contributed by atoms with Crippen LogP contribution in [0.2, 0.25) is 4.34 Å². The van der Waals surface area contributed by atoms with Crippen molar-refractivity contribution in [3.63, 3.8) is 0 Å². The third-order valence-corrected chi connectivity index (χ3v) is 5.63. The first-order chi connectivity index (χ1) is 14.5. The molecular formula is C21H24ClFN4O3S. The van der Waals surface area contributed by atoms with Crippen LogP contribution in [0.1, 0.15) is 33.3 Å². The summed E-state index contributed by atoms with van der Waals surface area (Å²) < 4.78 is 25.7. The van der Waals surface area contributed by atoms with Crippen LogP contribution in [0.5, 0.6) is 5.75 Å². The predicted molar refractivity (Wildman–Crippen MR) is 121 cm³/mol. The Kier molecular flexibility index (Phi) is 6.86. The van der Waals surface area contributed by atoms with Crippen LogP contribution in [-0.2, 0) is 4.74 Å². The molecule has 2 aromatic heterocycles. The van der Waals surface area contributed by atoms with Gasteiger partial charge in [-0.05, 0) is 52.3 Å². The fourth-order valence-electron chi connectivity index (χ4n) is 2.76. The van der Waals surface area contributed by atoms with Crippen LogP contribution in [0.4, 0.5) is 20.7 Å². The smallest absolute Gasteiger partial charge is 0.407 e. The highest BCUT2D eigenvalue weighted by molar-refractivity contribution is 7.22. The molecule has 0 bridgehead atoms. The third-order valence-electron chi connectivity index (χ3n) is 4.13. The second-order valence-corrected chi connectivity index (χ2v) is 9.58. The van der Waals surface area contributed by atoms with Gasteiger partial charge in [0, 0.05) is 6.07 Å². The summed E-state index contributed by atoms with van der Waals surface area (Å²) in [6.45, 7) is 9.18. The van der Waals surface area contributed by atoms with E-state index in [9.17, 15) is 9.18 Å². The zero-order valence-electron chi connectivity index (χ0n) is 17.9. The Bertz CT molecular complexity index is 1100. The van der Waals surface area contributed by atoms with Crippen LogP contribution in [0, 0.1) is 12.7 Å². The molecule has 1 aromatic carbocycles. The van der Waals surface area contributed by atoms with E-state index >= 15 is 0 Å². The molecule has 2 N–H and O–H groups in total. The first-order valence-corrected chi connectivity index (χ1v) is 10.8. The number of aromatic nitrogens is 2. The van der Waals surface area contributed by atoms with E-state index in [1.54, 1.807) is 33.8 Å². The molecule has 0 saturated heterocycles. The van der Waals surface area contributed by atoms with E-state index in [2.05, 4.69) is 20.6 Å². The van der Waals surface area contributed by atoms with Crippen molar-refractivity contribution in [1.29, 1.82) is 0 Å². The molecule has 1 amide bonds. The molecule has 0 spiro atoms. The lowest BCUT2D eigenvalue weighted by Gasteiger charge is -2.22. The lowest BCUT2D eigenvalue weighted by Crippen LogP contribution is -2.37. The van der Waals surface area contributed by atoms with Crippen molar-refractivity contribution in [2.45, 2.75) is 46.3 Å². The van der Waals surface area contributed by atoms with Crippen LogP contribution in [0.3, 0.4) is 0 Å². The van der Waals surface area contributed by atoms with Crippen molar-refractivity contribution < 1.29 is 18.7 Å². The number of hydrogen-bond donors (Lipinski definition) is 2. The van der Waals surface area contributed by atoms with E-state index in [0.717, 1.165) is 15.8 Å². The van der Waals surface area contributed by atoms with E-state index < -0.39 is 23.6 Å². The van der Waals surface area contributed by atoms with E-state index in [1.165, 1.54) is 29.8 Å². The van der Waals surface area contributed by atoms with Gasteiger partial charge in [-0.3, -0.25) is 0 Å². The van der Waals surface area contributed by atoms with Crippen molar-refractivity contribution in [2.75, 3.05) is 11.9 Å². The van der Waals surface area contributed by atoms with Crippen LogP contribution in [-0.4, -0.2) is 34.3 Å². The quantitative estimate of drug-likeness (QED) is 0.475. The highest BCUT2D eigenvalue weighted by Crippen LogP contribution is 2.38. The SMILES string of the molecule is Cc1c(Cl)sc2ncnc(Nc3ccc(F)cc3OC(C)CNC(=O)OC(C)(C)C)c12. The van der Waals surface area contributed by atoms with Crippen LogP contribution < -0.4 is 15.4 Å². The van der Waals surface area contributed by atoms with Crippen molar-refractivity contribution in [3.05, 3.63) is 40.2 Å². The molecule has 1 atom stereocenters. The second kappa shape index (κ2) is 9.23. The molecular weight excluding hydrogens is 443 g/mol. The minimum Gasteiger partial charge on any atom is -0.487 e. The molecule has 0 fully saturated rings. The minimum absolute atomic E-state index is 0.182. The molecule has 0 aliphatic carbocycles. The fraction of sp³-hybridized carbons (Fsp3) is 0.381. The average molecular weight is 467 g/mol. The number of fused-ring (bicyclic) bond motifs is 1. The maximum absolute atomic E-state index is 13.9. The Hall–Kier alpha value is -2.65. The minimum atomic E-state index is -0.598. The van der Waals surface area contributed by atoms with Crippen molar-refractivity contribution in [1.82, 2.24) is 15.3 Å². The number of carbonyl (C=O) groups excluding carboxylic acids is 1. The van der Waals surface area contributed by atoms with Gasteiger partial charge in [-0.1, -0.05) is 11.6 Å². The van der Waals surface area contributed by atoms with Gasteiger partial charge in [-0.25, -0.2) is 19.2 Å². The molecule has 1 unspecified atom stereocenters. The molecule has 7 nitrogen and oxygen atoms in total. The van der Waals surface area contributed by atoms with Crippen molar-refractivity contribution in [2.24, 2.45) is 0 Å². The van der Waals surface area contributed by atoms with Gasteiger partial charge < -0.3 is 20.1 Å². The summed E-state index contributed by atoms with van der Waals surface area (Å²) in [5.41, 5.74) is 0.788. The number of aryl methyl sites for hydroxylation is 1. The first-order valence-electron chi connectivity index (χ1n) is 9.63. The van der Waals surface area contributed by atoms with E-state index in [1.807, 2.05) is 6.92 Å². The van der Waals surface area contributed by atoms with Crippen molar-refractivity contribution in [3.8, 4) is 5.75 Å².